The number of halogens is 2. The van der Waals surface area contributed by atoms with Gasteiger partial charge in [-0.05, 0) is 48.4 Å². The number of hydrogen-bond acceptors (Lipinski definition) is 2. The molecule has 0 unspecified atom stereocenters. The molecule has 1 aromatic heterocycles. The molecule has 0 aliphatic carbocycles. The number of pyridine rings is 1. The fourth-order valence-electron chi connectivity index (χ4n) is 3.14. The second kappa shape index (κ2) is 7.93. The van der Waals surface area contributed by atoms with Crippen LogP contribution in [0, 0.1) is 6.92 Å². The highest BCUT2D eigenvalue weighted by Gasteiger charge is 2.15. The SMILES string of the molecule is Cc1nc2ccc(Cl)cc2c(-c2ccccc2)c1SCc1ccc(Cl)cc1. The molecule has 1 heterocycles. The van der Waals surface area contributed by atoms with Crippen molar-refractivity contribution in [2.75, 3.05) is 0 Å². The predicted molar refractivity (Wildman–Crippen MR) is 118 cm³/mol. The van der Waals surface area contributed by atoms with Gasteiger partial charge in [-0.2, -0.15) is 0 Å². The van der Waals surface area contributed by atoms with Crippen LogP contribution in [0.5, 0.6) is 0 Å². The maximum atomic E-state index is 6.31. The molecular weight excluding hydrogens is 393 g/mol. The highest BCUT2D eigenvalue weighted by molar-refractivity contribution is 7.98. The van der Waals surface area contributed by atoms with E-state index in [1.54, 1.807) is 11.8 Å². The molecule has 4 aromatic rings. The van der Waals surface area contributed by atoms with E-state index >= 15 is 0 Å². The summed E-state index contributed by atoms with van der Waals surface area (Å²) in [7, 11) is 0. The van der Waals surface area contributed by atoms with Gasteiger partial charge in [-0.25, -0.2) is 0 Å². The van der Waals surface area contributed by atoms with E-state index in [1.165, 1.54) is 21.6 Å². The van der Waals surface area contributed by atoms with Crippen LogP contribution in [0.25, 0.3) is 22.0 Å². The molecule has 134 valence electrons. The van der Waals surface area contributed by atoms with E-state index in [4.69, 9.17) is 28.2 Å². The average molecular weight is 410 g/mol. The van der Waals surface area contributed by atoms with Crippen molar-refractivity contribution in [2.24, 2.45) is 0 Å². The molecule has 0 aliphatic rings. The lowest BCUT2D eigenvalue weighted by molar-refractivity contribution is 1.16. The van der Waals surface area contributed by atoms with E-state index in [2.05, 4.69) is 43.3 Å². The van der Waals surface area contributed by atoms with E-state index in [9.17, 15) is 0 Å². The first-order chi connectivity index (χ1) is 13.1. The lowest BCUT2D eigenvalue weighted by Gasteiger charge is -2.16. The van der Waals surface area contributed by atoms with Crippen LogP contribution in [0.3, 0.4) is 0 Å². The van der Waals surface area contributed by atoms with Crippen molar-refractivity contribution in [3.05, 3.63) is 94.1 Å². The van der Waals surface area contributed by atoms with Crippen molar-refractivity contribution in [3.63, 3.8) is 0 Å². The number of fused-ring (bicyclic) bond motifs is 1. The van der Waals surface area contributed by atoms with Crippen LogP contribution in [0.1, 0.15) is 11.3 Å². The summed E-state index contributed by atoms with van der Waals surface area (Å²) in [5.41, 5.74) is 5.59. The number of aryl methyl sites for hydroxylation is 1. The number of hydrogen-bond donors (Lipinski definition) is 0. The molecule has 3 aromatic carbocycles. The summed E-state index contributed by atoms with van der Waals surface area (Å²) in [6.45, 7) is 2.07. The van der Waals surface area contributed by atoms with Crippen LogP contribution in [0.15, 0.2) is 77.7 Å². The fourth-order valence-corrected chi connectivity index (χ4v) is 4.57. The lowest BCUT2D eigenvalue weighted by Crippen LogP contribution is -1.95. The van der Waals surface area contributed by atoms with Crippen molar-refractivity contribution in [3.8, 4) is 11.1 Å². The maximum absolute atomic E-state index is 6.31. The quantitative estimate of drug-likeness (QED) is 0.318. The van der Waals surface area contributed by atoms with Crippen molar-refractivity contribution in [1.82, 2.24) is 4.98 Å². The van der Waals surface area contributed by atoms with Gasteiger partial charge in [-0.3, -0.25) is 4.98 Å². The Balaban J connectivity index is 1.85. The highest BCUT2D eigenvalue weighted by Crippen LogP contribution is 2.40. The van der Waals surface area contributed by atoms with E-state index in [0.29, 0.717) is 0 Å². The van der Waals surface area contributed by atoms with Crippen molar-refractivity contribution < 1.29 is 0 Å². The summed E-state index contributed by atoms with van der Waals surface area (Å²) in [6.07, 6.45) is 0. The third-order valence-electron chi connectivity index (χ3n) is 4.43. The van der Waals surface area contributed by atoms with Gasteiger partial charge in [0.25, 0.3) is 0 Å². The molecule has 0 saturated heterocycles. The van der Waals surface area contributed by atoms with E-state index < -0.39 is 0 Å². The monoisotopic (exact) mass is 409 g/mol. The molecule has 1 nitrogen and oxygen atoms in total. The van der Waals surface area contributed by atoms with Gasteiger partial charge in [0.2, 0.25) is 0 Å². The van der Waals surface area contributed by atoms with Crippen molar-refractivity contribution >= 4 is 45.9 Å². The van der Waals surface area contributed by atoms with Crippen LogP contribution < -0.4 is 0 Å². The number of benzene rings is 3. The van der Waals surface area contributed by atoms with Crippen molar-refractivity contribution in [1.29, 1.82) is 0 Å². The molecule has 4 rings (SSSR count). The molecule has 0 N–H and O–H groups in total. The number of rotatable bonds is 4. The number of nitrogens with zero attached hydrogens (tertiary/aromatic N) is 1. The van der Waals surface area contributed by atoms with Gasteiger partial charge < -0.3 is 0 Å². The summed E-state index contributed by atoms with van der Waals surface area (Å²) in [6, 6.07) is 24.3. The molecule has 0 amide bonds. The zero-order chi connectivity index (χ0) is 18.8. The van der Waals surface area contributed by atoms with Gasteiger partial charge in [0, 0.05) is 31.6 Å². The molecule has 4 heteroatoms. The zero-order valence-electron chi connectivity index (χ0n) is 14.7. The maximum Gasteiger partial charge on any atom is 0.0713 e. The van der Waals surface area contributed by atoms with Crippen LogP contribution in [0.4, 0.5) is 0 Å². The third kappa shape index (κ3) is 3.98. The number of aromatic nitrogens is 1. The van der Waals surface area contributed by atoms with Gasteiger partial charge >= 0.3 is 0 Å². The predicted octanol–water partition coefficient (Wildman–Crippen LogP) is 7.81. The average Bonchev–Trinajstić information content (AvgIpc) is 2.68. The first kappa shape index (κ1) is 18.4. The Morgan fingerprint density at radius 2 is 1.56 bits per heavy atom. The van der Waals surface area contributed by atoms with Gasteiger partial charge in [-0.15, -0.1) is 11.8 Å². The van der Waals surface area contributed by atoms with Crippen LogP contribution in [0.2, 0.25) is 10.0 Å². The zero-order valence-corrected chi connectivity index (χ0v) is 17.1. The first-order valence-electron chi connectivity index (χ1n) is 8.64. The summed E-state index contributed by atoms with van der Waals surface area (Å²) < 4.78 is 0. The number of thioether (sulfide) groups is 1. The second-order valence-corrected chi connectivity index (χ2v) is 8.20. The van der Waals surface area contributed by atoms with Crippen molar-refractivity contribution in [2.45, 2.75) is 17.6 Å². The summed E-state index contributed by atoms with van der Waals surface area (Å²) in [4.78, 5) is 6.01. The first-order valence-corrected chi connectivity index (χ1v) is 10.4. The standard InChI is InChI=1S/C23H17Cl2NS/c1-15-23(27-14-16-7-9-18(24)10-8-16)22(17-5-3-2-4-6-17)20-13-19(25)11-12-21(20)26-15/h2-13H,14H2,1H3. The Morgan fingerprint density at radius 1 is 0.852 bits per heavy atom. The van der Waals surface area contributed by atoms with E-state index in [1.807, 2.05) is 36.4 Å². The fraction of sp³-hybridized carbons (Fsp3) is 0.0870. The molecule has 0 aliphatic heterocycles. The highest BCUT2D eigenvalue weighted by atomic mass is 35.5. The molecule has 0 spiro atoms. The molecular formula is C23H17Cl2NS. The third-order valence-corrected chi connectivity index (χ3v) is 6.18. The normalized spacial score (nSPS) is 11.1. The minimum atomic E-state index is 0.721. The molecule has 0 atom stereocenters. The Hall–Kier alpha value is -2.00. The lowest BCUT2D eigenvalue weighted by atomic mass is 10.00. The van der Waals surface area contributed by atoms with Gasteiger partial charge in [0.1, 0.15) is 0 Å². The summed E-state index contributed by atoms with van der Waals surface area (Å²) in [5, 5.41) is 2.56. The van der Waals surface area contributed by atoms with Crippen LogP contribution >= 0.6 is 35.0 Å². The van der Waals surface area contributed by atoms with Gasteiger partial charge in [0.05, 0.1) is 11.2 Å². The summed E-state index contributed by atoms with van der Waals surface area (Å²) in [5.74, 6) is 0.853. The Labute approximate surface area is 173 Å². The Morgan fingerprint density at radius 3 is 2.30 bits per heavy atom. The molecule has 0 fully saturated rings. The molecule has 0 saturated carbocycles. The minimum absolute atomic E-state index is 0.721. The van der Waals surface area contributed by atoms with Gasteiger partial charge in [-0.1, -0.05) is 65.7 Å². The largest absolute Gasteiger partial charge is 0.252 e. The molecule has 0 bridgehead atoms. The van der Waals surface area contributed by atoms with Crippen LogP contribution in [-0.4, -0.2) is 4.98 Å². The molecule has 27 heavy (non-hydrogen) atoms. The van der Waals surface area contributed by atoms with E-state index in [0.717, 1.165) is 32.4 Å². The summed E-state index contributed by atoms with van der Waals surface area (Å²) >= 11 is 14.1. The van der Waals surface area contributed by atoms with Crippen LogP contribution in [-0.2, 0) is 5.75 Å². The van der Waals surface area contributed by atoms with E-state index in [-0.39, 0.29) is 0 Å². The Kier molecular flexibility index (Phi) is 5.40. The second-order valence-electron chi connectivity index (χ2n) is 6.34. The Bertz CT molecular complexity index is 1090. The molecule has 0 radical (unpaired) electrons. The van der Waals surface area contributed by atoms with Gasteiger partial charge in [0.15, 0.2) is 0 Å². The smallest absolute Gasteiger partial charge is 0.0713 e. The topological polar surface area (TPSA) is 12.9 Å². The minimum Gasteiger partial charge on any atom is -0.252 e.